The van der Waals surface area contributed by atoms with Gasteiger partial charge in [0.05, 0.1) is 25.2 Å². The van der Waals surface area contributed by atoms with Gasteiger partial charge < -0.3 is 39.7 Å². The van der Waals surface area contributed by atoms with E-state index in [2.05, 4.69) is 0 Å². The fraction of sp³-hybridized carbons (Fsp3) is 0.700. The lowest BCUT2D eigenvalue weighted by Crippen LogP contribution is -2.59. The van der Waals surface area contributed by atoms with Crippen LogP contribution >= 0.6 is 0 Å². The molecule has 166 valence electrons. The molecule has 10 nitrogen and oxygen atoms in total. The Labute approximate surface area is 172 Å². The monoisotopic (exact) mass is 426 g/mol. The third kappa shape index (κ3) is 3.42. The first-order valence-electron chi connectivity index (χ1n) is 10.00. The third-order valence-corrected chi connectivity index (χ3v) is 6.53. The van der Waals surface area contributed by atoms with Crippen molar-refractivity contribution in [2.45, 2.75) is 56.3 Å². The number of aliphatic hydroxyl groups excluding tert-OH is 5. The Balaban J connectivity index is 1.53. The van der Waals surface area contributed by atoms with Crippen LogP contribution in [0.5, 0.6) is 0 Å². The van der Waals surface area contributed by atoms with Gasteiger partial charge in [-0.3, -0.25) is 9.59 Å². The summed E-state index contributed by atoms with van der Waals surface area (Å²) in [5.74, 6) is -2.27. The lowest BCUT2D eigenvalue weighted by molar-refractivity contribution is -0.299. The molecule has 0 bridgehead atoms. The Hall–Kier alpha value is -1.66. The Kier molecular flexibility index (Phi) is 5.84. The van der Waals surface area contributed by atoms with Gasteiger partial charge in [0, 0.05) is 17.4 Å². The lowest BCUT2D eigenvalue weighted by Gasteiger charge is -2.39. The van der Waals surface area contributed by atoms with E-state index in [0.29, 0.717) is 11.1 Å². The van der Waals surface area contributed by atoms with Crippen LogP contribution < -0.4 is 0 Å². The summed E-state index contributed by atoms with van der Waals surface area (Å²) >= 11 is 0. The van der Waals surface area contributed by atoms with Crippen LogP contribution in [0.1, 0.15) is 13.3 Å². The van der Waals surface area contributed by atoms with Crippen LogP contribution in [0.25, 0.3) is 0 Å². The molecule has 0 radical (unpaired) electrons. The van der Waals surface area contributed by atoms with Crippen LogP contribution in [0, 0.1) is 17.8 Å². The van der Waals surface area contributed by atoms with Gasteiger partial charge in [-0.2, -0.15) is 0 Å². The first-order valence-corrected chi connectivity index (χ1v) is 10.00. The minimum atomic E-state index is -1.58. The Bertz CT molecular complexity index is 774. The third-order valence-electron chi connectivity index (χ3n) is 6.53. The fourth-order valence-corrected chi connectivity index (χ4v) is 4.83. The number of ketones is 1. The van der Waals surface area contributed by atoms with E-state index >= 15 is 0 Å². The smallest absolute Gasteiger partial charge is 0.309 e. The average molecular weight is 426 g/mol. The van der Waals surface area contributed by atoms with Crippen molar-refractivity contribution in [2.75, 3.05) is 13.2 Å². The van der Waals surface area contributed by atoms with Gasteiger partial charge in [-0.05, 0) is 18.1 Å². The highest BCUT2D eigenvalue weighted by atomic mass is 16.7. The summed E-state index contributed by atoms with van der Waals surface area (Å²) < 4.78 is 16.4. The van der Waals surface area contributed by atoms with E-state index in [4.69, 9.17) is 14.2 Å². The first-order chi connectivity index (χ1) is 14.2. The summed E-state index contributed by atoms with van der Waals surface area (Å²) in [6, 6.07) is 0. The van der Waals surface area contributed by atoms with Crippen molar-refractivity contribution < 1.29 is 49.3 Å². The summed E-state index contributed by atoms with van der Waals surface area (Å²) in [5, 5.41) is 49.7. The second-order valence-electron chi connectivity index (χ2n) is 8.30. The number of esters is 1. The van der Waals surface area contributed by atoms with Gasteiger partial charge in [0.2, 0.25) is 0 Å². The molecule has 0 unspecified atom stereocenters. The Morgan fingerprint density at radius 3 is 2.57 bits per heavy atom. The molecule has 2 saturated heterocycles. The van der Waals surface area contributed by atoms with Crippen LogP contribution in [-0.2, 0) is 23.8 Å². The van der Waals surface area contributed by atoms with Crippen LogP contribution in [0.2, 0.25) is 0 Å². The number of aliphatic hydroxyl groups is 5. The van der Waals surface area contributed by atoms with Crippen molar-refractivity contribution in [3.63, 3.8) is 0 Å². The minimum Gasteiger partial charge on any atom is -0.461 e. The molecular formula is C20H26O10. The van der Waals surface area contributed by atoms with E-state index in [1.54, 1.807) is 13.0 Å². The molecule has 0 aromatic rings. The van der Waals surface area contributed by atoms with Gasteiger partial charge in [-0.1, -0.05) is 13.0 Å². The van der Waals surface area contributed by atoms with E-state index in [0.717, 1.165) is 0 Å². The van der Waals surface area contributed by atoms with Gasteiger partial charge in [0.1, 0.15) is 30.5 Å². The van der Waals surface area contributed by atoms with Crippen molar-refractivity contribution in [2.24, 2.45) is 17.8 Å². The van der Waals surface area contributed by atoms with Crippen molar-refractivity contribution >= 4 is 11.8 Å². The molecule has 30 heavy (non-hydrogen) atoms. The standard InChI is InChI=1S/C20H26O10/c1-7-13-10(22)3-2-9-11(23)4-8(14(9)18(13)30-19(7)27)6-28-20-17(26)16(25)15(24)12(5-21)29-20/h2,4,7,10,12-18,20-22,24-26H,3,5-6H2,1H3/t7-,10-,12+,13+,14-,15+,16-,17+,18-,20+/m0/s1. The summed E-state index contributed by atoms with van der Waals surface area (Å²) in [6.45, 7) is 0.921. The number of fused-ring (bicyclic) bond motifs is 3. The summed E-state index contributed by atoms with van der Waals surface area (Å²) in [4.78, 5) is 24.7. The molecule has 10 atom stereocenters. The number of rotatable bonds is 4. The zero-order valence-electron chi connectivity index (χ0n) is 16.3. The maximum Gasteiger partial charge on any atom is 0.309 e. The molecule has 0 saturated carbocycles. The van der Waals surface area contributed by atoms with E-state index < -0.39 is 73.2 Å². The topological polar surface area (TPSA) is 163 Å². The zero-order chi connectivity index (χ0) is 21.7. The van der Waals surface area contributed by atoms with Gasteiger partial charge in [0.15, 0.2) is 12.1 Å². The maximum atomic E-state index is 12.5. The highest BCUT2D eigenvalue weighted by Gasteiger charge is 2.54. The van der Waals surface area contributed by atoms with Crippen molar-refractivity contribution in [3.8, 4) is 0 Å². The highest BCUT2D eigenvalue weighted by molar-refractivity contribution is 6.08. The molecule has 10 heteroatoms. The number of hydrogen-bond donors (Lipinski definition) is 5. The van der Waals surface area contributed by atoms with E-state index in [1.807, 2.05) is 0 Å². The van der Waals surface area contributed by atoms with Crippen LogP contribution in [0.3, 0.4) is 0 Å². The zero-order valence-corrected chi connectivity index (χ0v) is 16.3. The number of allylic oxidation sites excluding steroid dienone is 1. The number of ether oxygens (including phenoxy) is 3. The van der Waals surface area contributed by atoms with E-state index in [9.17, 15) is 35.1 Å². The highest BCUT2D eigenvalue weighted by Crippen LogP contribution is 2.46. The molecular weight excluding hydrogens is 400 g/mol. The van der Waals surface area contributed by atoms with Gasteiger partial charge in [0.25, 0.3) is 0 Å². The van der Waals surface area contributed by atoms with Gasteiger partial charge in [-0.15, -0.1) is 0 Å². The summed E-state index contributed by atoms with van der Waals surface area (Å²) in [7, 11) is 0. The number of carbonyl (C=O) groups is 2. The van der Waals surface area contributed by atoms with Crippen LogP contribution in [0.15, 0.2) is 23.3 Å². The van der Waals surface area contributed by atoms with Crippen molar-refractivity contribution in [1.82, 2.24) is 0 Å². The summed E-state index contributed by atoms with van der Waals surface area (Å²) in [5.41, 5.74) is 0.921. The largest absolute Gasteiger partial charge is 0.461 e. The van der Waals surface area contributed by atoms with Crippen LogP contribution in [0.4, 0.5) is 0 Å². The molecule has 2 aliphatic carbocycles. The molecule has 4 aliphatic rings. The predicted molar refractivity (Wildman–Crippen MR) is 97.5 cm³/mol. The number of carbonyl (C=O) groups excluding carboxylic acids is 2. The second kappa shape index (κ2) is 8.12. The molecule has 0 spiro atoms. The fourth-order valence-electron chi connectivity index (χ4n) is 4.83. The molecule has 4 rings (SSSR count). The molecule has 5 N–H and O–H groups in total. The molecule has 0 aromatic heterocycles. The summed E-state index contributed by atoms with van der Waals surface area (Å²) in [6.07, 6.45) is -5.38. The van der Waals surface area contributed by atoms with E-state index in [1.165, 1.54) is 6.08 Å². The van der Waals surface area contributed by atoms with Crippen LogP contribution in [-0.4, -0.2) is 93.4 Å². The van der Waals surface area contributed by atoms with E-state index in [-0.39, 0.29) is 18.8 Å². The Morgan fingerprint density at radius 1 is 1.13 bits per heavy atom. The molecule has 0 aromatic carbocycles. The maximum absolute atomic E-state index is 12.5. The van der Waals surface area contributed by atoms with Gasteiger partial charge >= 0.3 is 5.97 Å². The van der Waals surface area contributed by atoms with Crippen molar-refractivity contribution in [1.29, 1.82) is 0 Å². The molecule has 2 heterocycles. The van der Waals surface area contributed by atoms with Gasteiger partial charge in [-0.25, -0.2) is 0 Å². The van der Waals surface area contributed by atoms with Crippen molar-refractivity contribution in [3.05, 3.63) is 23.3 Å². The Morgan fingerprint density at radius 2 is 1.87 bits per heavy atom. The SMILES string of the molecule is C[C@@H]1C(=O)O[C@@H]2[C@H]3C(CO[C@@H]4O[C@H](CO)[C@@H](O)[C@H](O)[C@H]4O)=CC(=O)C3=CC[C@H](O)[C@H]21. The lowest BCUT2D eigenvalue weighted by atomic mass is 9.79. The first kappa shape index (κ1) is 21.6. The molecule has 0 amide bonds. The second-order valence-corrected chi connectivity index (χ2v) is 8.30. The minimum absolute atomic E-state index is 0.179. The predicted octanol–water partition coefficient (Wildman–Crippen LogP) is -2.20. The quantitative estimate of drug-likeness (QED) is 0.312. The molecule has 2 fully saturated rings. The number of hydrogen-bond acceptors (Lipinski definition) is 10. The normalized spacial score (nSPS) is 45.9. The molecule has 2 aliphatic heterocycles. The average Bonchev–Trinajstić information content (AvgIpc) is 3.13.